The first-order valence-corrected chi connectivity index (χ1v) is 17.1. The molecule has 4 heterocycles. The van der Waals surface area contributed by atoms with Crippen LogP contribution in [0, 0.1) is 0 Å². The highest BCUT2D eigenvalue weighted by Gasteiger charge is 2.24. The number of nitrogens with zero attached hydrogens (tertiary/aromatic N) is 6. The number of fused-ring (bicyclic) bond motifs is 10. The van der Waals surface area contributed by atoms with Gasteiger partial charge in [0.15, 0.2) is 11.6 Å². The summed E-state index contributed by atoms with van der Waals surface area (Å²) in [4.78, 5) is 15.3. The third-order valence-corrected chi connectivity index (χ3v) is 10.1. The summed E-state index contributed by atoms with van der Waals surface area (Å²) in [7, 11) is 0. The van der Waals surface area contributed by atoms with Crippen LogP contribution in [0.1, 0.15) is 0 Å². The predicted molar refractivity (Wildman–Crippen MR) is 208 cm³/mol. The van der Waals surface area contributed by atoms with Crippen molar-refractivity contribution in [3.05, 3.63) is 170 Å². The minimum Gasteiger partial charge on any atom is -0.278 e. The molecule has 238 valence electrons. The molecule has 51 heavy (non-hydrogen) atoms. The number of hydrogen-bond donors (Lipinski definition) is 0. The molecule has 11 rings (SSSR count). The summed E-state index contributed by atoms with van der Waals surface area (Å²) in [5, 5.41) is 7.11. The van der Waals surface area contributed by atoms with Crippen molar-refractivity contribution in [3.8, 4) is 28.7 Å². The quantitative estimate of drug-likeness (QED) is 0.190. The maximum Gasteiger partial charge on any atom is 0.238 e. The summed E-state index contributed by atoms with van der Waals surface area (Å²) in [6, 6.07) is 59.5. The number of rotatable bonds is 4. The molecule has 6 nitrogen and oxygen atoms in total. The molecule has 0 fully saturated rings. The van der Waals surface area contributed by atoms with Gasteiger partial charge in [0.05, 0.1) is 33.1 Å². The van der Waals surface area contributed by atoms with Gasteiger partial charge in [-0.3, -0.25) is 4.57 Å². The van der Waals surface area contributed by atoms with Gasteiger partial charge in [-0.2, -0.15) is 9.97 Å². The first-order chi connectivity index (χ1) is 25.3. The lowest BCUT2D eigenvalue weighted by atomic mass is 10.1. The van der Waals surface area contributed by atoms with Crippen LogP contribution in [0.3, 0.4) is 0 Å². The molecule has 0 amide bonds. The molecular formula is C45H28N6. The highest BCUT2D eigenvalue weighted by Crippen LogP contribution is 2.42. The highest BCUT2D eigenvalue weighted by atomic mass is 15.5. The minimum absolute atomic E-state index is 0.577. The molecule has 6 heteroatoms. The topological polar surface area (TPSA) is 53.5 Å². The zero-order valence-corrected chi connectivity index (χ0v) is 27.3. The molecule has 7 aromatic carbocycles. The molecule has 0 spiro atoms. The Balaban J connectivity index is 1.31. The monoisotopic (exact) mass is 652 g/mol. The lowest BCUT2D eigenvalue weighted by molar-refractivity contribution is 0.777. The van der Waals surface area contributed by atoms with Gasteiger partial charge in [-0.05, 0) is 36.4 Å². The van der Waals surface area contributed by atoms with Crippen LogP contribution in [0.25, 0.3) is 94.1 Å². The Labute approximate surface area is 292 Å². The zero-order chi connectivity index (χ0) is 33.5. The van der Waals surface area contributed by atoms with Crippen molar-refractivity contribution >= 4 is 65.4 Å². The summed E-state index contributed by atoms with van der Waals surface area (Å²) >= 11 is 0. The van der Waals surface area contributed by atoms with E-state index in [2.05, 4.69) is 123 Å². The highest BCUT2D eigenvalue weighted by molar-refractivity contribution is 6.26. The van der Waals surface area contributed by atoms with Crippen molar-refractivity contribution in [1.29, 1.82) is 0 Å². The number of hydrogen-bond acceptors (Lipinski definition) is 3. The number of aromatic nitrogens is 6. The molecule has 0 aliphatic rings. The molecule has 0 saturated heterocycles. The first kappa shape index (κ1) is 27.9. The second kappa shape index (κ2) is 10.7. The Morgan fingerprint density at radius 1 is 0.314 bits per heavy atom. The van der Waals surface area contributed by atoms with Crippen LogP contribution >= 0.6 is 0 Å². The molecule has 4 aromatic heterocycles. The van der Waals surface area contributed by atoms with Crippen molar-refractivity contribution in [3.63, 3.8) is 0 Å². The van der Waals surface area contributed by atoms with Crippen LogP contribution in [-0.4, -0.2) is 28.9 Å². The second-order valence-corrected chi connectivity index (χ2v) is 12.9. The molecule has 11 aromatic rings. The van der Waals surface area contributed by atoms with Crippen molar-refractivity contribution in [2.24, 2.45) is 0 Å². The maximum absolute atomic E-state index is 5.18. The van der Waals surface area contributed by atoms with Gasteiger partial charge in [-0.15, -0.1) is 0 Å². The SMILES string of the molecule is c1ccc(-c2nc(-c3ccccc3)nc(-n3c4ccccc4c4c3ccc3c5ccccc5n(-n5c6ccccc6c6ccccc65)c34)n2)cc1. The largest absolute Gasteiger partial charge is 0.278 e. The van der Waals surface area contributed by atoms with E-state index < -0.39 is 0 Å². The van der Waals surface area contributed by atoms with Gasteiger partial charge >= 0.3 is 0 Å². The fraction of sp³-hybridized carbons (Fsp3) is 0. The summed E-state index contributed by atoms with van der Waals surface area (Å²) in [5.74, 6) is 1.84. The van der Waals surface area contributed by atoms with Gasteiger partial charge < -0.3 is 0 Å². The molecule has 0 unspecified atom stereocenters. The van der Waals surface area contributed by atoms with Crippen LogP contribution in [0.15, 0.2) is 170 Å². The van der Waals surface area contributed by atoms with E-state index in [1.54, 1.807) is 0 Å². The Kier molecular flexibility index (Phi) is 5.86. The Bertz CT molecular complexity index is 3020. The Morgan fingerprint density at radius 2 is 0.765 bits per heavy atom. The molecule has 0 bridgehead atoms. The van der Waals surface area contributed by atoms with Gasteiger partial charge in [0, 0.05) is 43.4 Å². The average Bonchev–Trinajstić information content (AvgIpc) is 3.84. The third-order valence-electron chi connectivity index (χ3n) is 10.1. The van der Waals surface area contributed by atoms with E-state index in [0.29, 0.717) is 17.6 Å². The second-order valence-electron chi connectivity index (χ2n) is 12.9. The van der Waals surface area contributed by atoms with Gasteiger partial charge in [0.1, 0.15) is 0 Å². The standard InChI is InChI=1S/C45H28N6/c1-3-15-29(16-4-1)43-46-44(30-17-5-2-6-18-30)48-45(47-43)49-36-23-11-10-22-35(36)41-40(49)28-27-34-33-21-9-14-26-39(33)51(42(34)41)50-37-24-12-7-19-31(37)32-20-8-13-25-38(32)50/h1-28H. The molecule has 0 N–H and O–H groups in total. The normalized spacial score (nSPS) is 11.9. The zero-order valence-electron chi connectivity index (χ0n) is 27.3. The van der Waals surface area contributed by atoms with Crippen LogP contribution in [-0.2, 0) is 0 Å². The minimum atomic E-state index is 0.577. The van der Waals surface area contributed by atoms with Gasteiger partial charge in [0.25, 0.3) is 0 Å². The Morgan fingerprint density at radius 3 is 1.33 bits per heavy atom. The first-order valence-electron chi connectivity index (χ1n) is 17.1. The van der Waals surface area contributed by atoms with Crippen LogP contribution in [0.5, 0.6) is 0 Å². The maximum atomic E-state index is 5.18. The Hall–Kier alpha value is -7.05. The van der Waals surface area contributed by atoms with Crippen molar-refractivity contribution in [2.45, 2.75) is 0 Å². The summed E-state index contributed by atoms with van der Waals surface area (Å²) in [5.41, 5.74) is 8.51. The van der Waals surface area contributed by atoms with Gasteiger partial charge in [-0.25, -0.2) is 14.3 Å². The molecule has 0 aliphatic heterocycles. The summed E-state index contributed by atoms with van der Waals surface area (Å²) in [6.45, 7) is 0. The van der Waals surface area contributed by atoms with Gasteiger partial charge in [-0.1, -0.05) is 133 Å². The number of para-hydroxylation sites is 4. The molecule has 0 atom stereocenters. The lowest BCUT2D eigenvalue weighted by Gasteiger charge is -2.14. The fourth-order valence-corrected chi connectivity index (χ4v) is 7.92. The van der Waals surface area contributed by atoms with E-state index in [1.807, 2.05) is 60.7 Å². The molecule has 0 aliphatic carbocycles. The van der Waals surface area contributed by atoms with E-state index in [1.165, 1.54) is 21.5 Å². The smallest absolute Gasteiger partial charge is 0.238 e. The fourth-order valence-electron chi connectivity index (χ4n) is 7.92. The van der Waals surface area contributed by atoms with Crippen molar-refractivity contribution in [2.75, 3.05) is 0 Å². The summed E-state index contributed by atoms with van der Waals surface area (Å²) < 4.78 is 7.02. The van der Waals surface area contributed by atoms with Gasteiger partial charge in [0.2, 0.25) is 5.95 Å². The van der Waals surface area contributed by atoms with Crippen LogP contribution in [0.2, 0.25) is 0 Å². The third kappa shape index (κ3) is 4.01. The predicted octanol–water partition coefficient (Wildman–Crippen LogP) is 10.8. The van der Waals surface area contributed by atoms with Crippen LogP contribution in [0.4, 0.5) is 0 Å². The average molecular weight is 653 g/mol. The van der Waals surface area contributed by atoms with E-state index in [-0.39, 0.29) is 0 Å². The molecular weight excluding hydrogens is 625 g/mol. The van der Waals surface area contributed by atoms with Crippen molar-refractivity contribution < 1.29 is 0 Å². The van der Waals surface area contributed by atoms with E-state index >= 15 is 0 Å². The van der Waals surface area contributed by atoms with E-state index in [0.717, 1.165) is 55.0 Å². The number of benzene rings is 7. The van der Waals surface area contributed by atoms with E-state index in [9.17, 15) is 0 Å². The lowest BCUT2D eigenvalue weighted by Crippen LogP contribution is -2.08. The summed E-state index contributed by atoms with van der Waals surface area (Å²) in [6.07, 6.45) is 0. The molecule has 0 radical (unpaired) electrons. The molecule has 0 saturated carbocycles. The van der Waals surface area contributed by atoms with E-state index in [4.69, 9.17) is 15.0 Å². The van der Waals surface area contributed by atoms with Crippen LogP contribution < -0.4 is 0 Å². The van der Waals surface area contributed by atoms with Crippen molar-refractivity contribution in [1.82, 2.24) is 28.9 Å².